The summed E-state index contributed by atoms with van der Waals surface area (Å²) >= 11 is 0. The van der Waals surface area contributed by atoms with Crippen LogP contribution in [0.1, 0.15) is 67.2 Å². The van der Waals surface area contributed by atoms with Gasteiger partial charge in [0.05, 0.1) is 0 Å². The van der Waals surface area contributed by atoms with Crippen molar-refractivity contribution in [2.45, 2.75) is 73.3 Å². The molecule has 1 atom stereocenters. The maximum atomic E-state index is 3.39. The molecule has 2 aliphatic heterocycles. The molecule has 0 aromatic carbocycles. The molecule has 2 aliphatic rings. The number of rotatable bonds is 2. The summed E-state index contributed by atoms with van der Waals surface area (Å²) in [6.07, 6.45) is 5.54. The molecule has 0 aliphatic carbocycles. The van der Waals surface area contributed by atoms with Gasteiger partial charge >= 0.3 is 0 Å². The standard InChI is InChI=1S/2C9H19N/c1-8(2)9(3)4-6-10-7-5-9;1-8(2)10-6-4-5-9(3)7-10/h8,10H,4-7H2,1-3H3;8-9H,4-7H2,1-3H3/t;9-/m.1/s1. The molecule has 0 aromatic rings. The van der Waals surface area contributed by atoms with Crippen LogP contribution in [0.15, 0.2) is 0 Å². The summed E-state index contributed by atoms with van der Waals surface area (Å²) in [6.45, 7) is 19.1. The van der Waals surface area contributed by atoms with Crippen LogP contribution in [0.25, 0.3) is 0 Å². The Bertz CT molecular complexity index is 254. The molecular formula is C18H38N2. The van der Waals surface area contributed by atoms with E-state index in [1.807, 2.05) is 0 Å². The zero-order valence-corrected chi connectivity index (χ0v) is 14.8. The van der Waals surface area contributed by atoms with Crippen LogP contribution in [0, 0.1) is 17.3 Å². The highest BCUT2D eigenvalue weighted by Gasteiger charge is 2.29. The van der Waals surface area contributed by atoms with E-state index < -0.39 is 0 Å². The lowest BCUT2D eigenvalue weighted by atomic mass is 9.72. The summed E-state index contributed by atoms with van der Waals surface area (Å²) in [7, 11) is 0. The SMILES string of the molecule is CC(C)C1(C)CCNCC1.CC(C)N1CCC[C@@H](C)C1. The lowest BCUT2D eigenvalue weighted by Crippen LogP contribution is -2.38. The lowest BCUT2D eigenvalue weighted by Gasteiger charge is -2.37. The first-order chi connectivity index (χ1) is 9.35. The van der Waals surface area contributed by atoms with Crippen molar-refractivity contribution in [1.29, 1.82) is 0 Å². The summed E-state index contributed by atoms with van der Waals surface area (Å²) in [4.78, 5) is 2.58. The number of hydrogen-bond donors (Lipinski definition) is 1. The molecule has 2 fully saturated rings. The zero-order valence-electron chi connectivity index (χ0n) is 14.8. The Morgan fingerprint density at radius 3 is 2.05 bits per heavy atom. The Labute approximate surface area is 127 Å². The van der Waals surface area contributed by atoms with Gasteiger partial charge in [0, 0.05) is 12.6 Å². The first kappa shape index (κ1) is 18.0. The van der Waals surface area contributed by atoms with Crippen LogP contribution in [0.4, 0.5) is 0 Å². The molecular weight excluding hydrogens is 244 g/mol. The van der Waals surface area contributed by atoms with Crippen LogP contribution in [-0.2, 0) is 0 Å². The van der Waals surface area contributed by atoms with Crippen LogP contribution in [0.2, 0.25) is 0 Å². The van der Waals surface area contributed by atoms with E-state index in [4.69, 9.17) is 0 Å². The molecule has 0 bridgehead atoms. The van der Waals surface area contributed by atoms with Gasteiger partial charge in [0.1, 0.15) is 0 Å². The van der Waals surface area contributed by atoms with Crippen LogP contribution in [0.5, 0.6) is 0 Å². The highest BCUT2D eigenvalue weighted by Crippen LogP contribution is 2.35. The van der Waals surface area contributed by atoms with Crippen LogP contribution < -0.4 is 5.32 Å². The Morgan fingerprint density at radius 1 is 1.10 bits per heavy atom. The van der Waals surface area contributed by atoms with E-state index in [1.165, 1.54) is 51.9 Å². The third-order valence-electron chi connectivity index (χ3n) is 5.56. The fourth-order valence-corrected chi connectivity index (χ4v) is 3.27. The Morgan fingerprint density at radius 2 is 1.70 bits per heavy atom. The molecule has 0 amide bonds. The van der Waals surface area contributed by atoms with Crippen molar-refractivity contribution in [3.63, 3.8) is 0 Å². The Kier molecular flexibility index (Phi) is 7.53. The van der Waals surface area contributed by atoms with Crippen molar-refractivity contribution < 1.29 is 0 Å². The predicted molar refractivity (Wildman–Crippen MR) is 90.2 cm³/mol. The fraction of sp³-hybridized carbons (Fsp3) is 1.00. The van der Waals surface area contributed by atoms with Crippen molar-refractivity contribution in [3.8, 4) is 0 Å². The van der Waals surface area contributed by atoms with E-state index in [0.717, 1.165) is 17.9 Å². The first-order valence-corrected chi connectivity index (χ1v) is 8.80. The van der Waals surface area contributed by atoms with Gasteiger partial charge in [-0.25, -0.2) is 0 Å². The van der Waals surface area contributed by atoms with Crippen LogP contribution >= 0.6 is 0 Å². The third-order valence-corrected chi connectivity index (χ3v) is 5.56. The number of piperidine rings is 2. The maximum Gasteiger partial charge on any atom is 0.00387 e. The second-order valence-corrected chi connectivity index (χ2v) is 7.89. The van der Waals surface area contributed by atoms with Gasteiger partial charge in [-0.1, -0.05) is 27.7 Å². The zero-order chi connectivity index (χ0) is 15.2. The number of likely N-dealkylation sites (tertiary alicyclic amines) is 1. The molecule has 2 heterocycles. The summed E-state index contributed by atoms with van der Waals surface area (Å²) in [5, 5.41) is 3.39. The van der Waals surface area contributed by atoms with Crippen LogP contribution in [-0.4, -0.2) is 37.1 Å². The van der Waals surface area contributed by atoms with Gasteiger partial charge in [0.25, 0.3) is 0 Å². The monoisotopic (exact) mass is 282 g/mol. The fourth-order valence-electron chi connectivity index (χ4n) is 3.27. The molecule has 2 saturated heterocycles. The summed E-state index contributed by atoms with van der Waals surface area (Å²) in [5.41, 5.74) is 0.616. The minimum Gasteiger partial charge on any atom is -0.317 e. The molecule has 0 radical (unpaired) electrons. The van der Waals surface area contributed by atoms with E-state index in [-0.39, 0.29) is 0 Å². The minimum atomic E-state index is 0.616. The molecule has 120 valence electrons. The van der Waals surface area contributed by atoms with Gasteiger partial charge in [-0.15, -0.1) is 0 Å². The topological polar surface area (TPSA) is 15.3 Å². The number of nitrogens with zero attached hydrogens (tertiary/aromatic N) is 1. The van der Waals surface area contributed by atoms with E-state index in [0.29, 0.717) is 5.41 Å². The van der Waals surface area contributed by atoms with E-state index >= 15 is 0 Å². The summed E-state index contributed by atoms with van der Waals surface area (Å²) in [6, 6.07) is 0.753. The largest absolute Gasteiger partial charge is 0.317 e. The smallest absolute Gasteiger partial charge is 0.00387 e. The van der Waals surface area contributed by atoms with E-state index in [9.17, 15) is 0 Å². The number of hydrogen-bond acceptors (Lipinski definition) is 2. The highest BCUT2D eigenvalue weighted by molar-refractivity contribution is 4.82. The van der Waals surface area contributed by atoms with Crippen molar-refractivity contribution in [1.82, 2.24) is 10.2 Å². The van der Waals surface area contributed by atoms with Gasteiger partial charge in [-0.2, -0.15) is 0 Å². The average Bonchev–Trinajstić information content (AvgIpc) is 2.40. The quantitative estimate of drug-likeness (QED) is 0.818. The molecule has 2 nitrogen and oxygen atoms in total. The van der Waals surface area contributed by atoms with Gasteiger partial charge in [-0.05, 0) is 76.4 Å². The van der Waals surface area contributed by atoms with Crippen molar-refractivity contribution in [3.05, 3.63) is 0 Å². The van der Waals surface area contributed by atoms with Crippen molar-refractivity contribution in [2.24, 2.45) is 17.3 Å². The third kappa shape index (κ3) is 5.73. The second-order valence-electron chi connectivity index (χ2n) is 7.89. The molecule has 0 unspecified atom stereocenters. The maximum absolute atomic E-state index is 3.39. The molecule has 0 saturated carbocycles. The Hall–Kier alpha value is -0.0800. The van der Waals surface area contributed by atoms with Gasteiger partial charge in [0.15, 0.2) is 0 Å². The first-order valence-electron chi connectivity index (χ1n) is 8.80. The van der Waals surface area contributed by atoms with Gasteiger partial charge in [-0.3, -0.25) is 0 Å². The highest BCUT2D eigenvalue weighted by atomic mass is 15.1. The molecule has 2 heteroatoms. The van der Waals surface area contributed by atoms with Crippen LogP contribution in [0.3, 0.4) is 0 Å². The minimum absolute atomic E-state index is 0.616. The lowest BCUT2D eigenvalue weighted by molar-refractivity contribution is 0.147. The normalized spacial score (nSPS) is 27.3. The average molecular weight is 283 g/mol. The molecule has 2 rings (SSSR count). The van der Waals surface area contributed by atoms with Gasteiger partial charge in [0.2, 0.25) is 0 Å². The Balaban J connectivity index is 0.000000200. The molecule has 0 aromatic heterocycles. The predicted octanol–water partition coefficient (Wildman–Crippen LogP) is 4.16. The molecule has 0 spiro atoms. The number of nitrogens with one attached hydrogen (secondary N) is 1. The summed E-state index contributed by atoms with van der Waals surface area (Å²) in [5.74, 6) is 1.77. The van der Waals surface area contributed by atoms with Crippen molar-refractivity contribution >= 4 is 0 Å². The van der Waals surface area contributed by atoms with Crippen molar-refractivity contribution in [2.75, 3.05) is 26.2 Å². The van der Waals surface area contributed by atoms with E-state index in [2.05, 4.69) is 51.8 Å². The van der Waals surface area contributed by atoms with E-state index in [1.54, 1.807) is 0 Å². The molecule has 1 N–H and O–H groups in total. The second kappa shape index (κ2) is 8.38. The molecule has 20 heavy (non-hydrogen) atoms. The summed E-state index contributed by atoms with van der Waals surface area (Å²) < 4.78 is 0. The van der Waals surface area contributed by atoms with Gasteiger partial charge < -0.3 is 10.2 Å².